The van der Waals surface area contributed by atoms with Crippen LogP contribution in [-0.2, 0) is 9.53 Å². The van der Waals surface area contributed by atoms with Crippen LogP contribution < -0.4 is 4.74 Å². The molecule has 1 amide bonds. The Morgan fingerprint density at radius 1 is 1.00 bits per heavy atom. The second-order valence-electron chi connectivity index (χ2n) is 8.41. The van der Waals surface area contributed by atoms with Gasteiger partial charge < -0.3 is 19.5 Å². The Labute approximate surface area is 184 Å². The normalized spacial score (nSPS) is 24.0. The Hall–Kier alpha value is -2.41. The van der Waals surface area contributed by atoms with E-state index in [1.165, 1.54) is 5.56 Å². The Kier molecular flexibility index (Phi) is 6.90. The van der Waals surface area contributed by atoms with Crippen LogP contribution >= 0.6 is 0 Å². The Morgan fingerprint density at radius 2 is 1.65 bits per heavy atom. The van der Waals surface area contributed by atoms with Crippen molar-refractivity contribution in [2.45, 2.75) is 30.8 Å². The molecule has 0 saturated carbocycles. The molecule has 2 aliphatic heterocycles. The molecule has 2 aliphatic rings. The Morgan fingerprint density at radius 3 is 2.26 bits per heavy atom. The van der Waals surface area contributed by atoms with Crippen LogP contribution in [0.15, 0.2) is 48.5 Å². The second-order valence-corrected chi connectivity index (χ2v) is 8.41. The third-order valence-corrected chi connectivity index (χ3v) is 6.71. The molecule has 6 nitrogen and oxygen atoms in total. The summed E-state index contributed by atoms with van der Waals surface area (Å²) < 4.78 is 10.3. The van der Waals surface area contributed by atoms with E-state index >= 15 is 0 Å². The number of hydrogen-bond donors (Lipinski definition) is 1. The molecular formula is C25H32N2O4. The molecule has 0 spiro atoms. The van der Waals surface area contributed by atoms with Crippen molar-refractivity contribution >= 4 is 5.91 Å². The van der Waals surface area contributed by atoms with E-state index in [2.05, 4.69) is 41.3 Å². The molecule has 0 radical (unpaired) electrons. The van der Waals surface area contributed by atoms with Crippen LogP contribution in [0.2, 0.25) is 0 Å². The van der Waals surface area contributed by atoms with Crippen molar-refractivity contribution in [3.63, 3.8) is 0 Å². The zero-order valence-corrected chi connectivity index (χ0v) is 18.4. The van der Waals surface area contributed by atoms with E-state index in [1.54, 1.807) is 14.2 Å². The van der Waals surface area contributed by atoms with Gasteiger partial charge in [-0.2, -0.15) is 0 Å². The number of carbonyl (C=O) groups excluding carboxylic acids is 1. The molecule has 6 heteroatoms. The highest BCUT2D eigenvalue weighted by molar-refractivity contribution is 5.77. The summed E-state index contributed by atoms with van der Waals surface area (Å²) >= 11 is 0. The largest absolute Gasteiger partial charge is 0.497 e. The average Bonchev–Trinajstić information content (AvgIpc) is 2.78. The van der Waals surface area contributed by atoms with E-state index in [0.29, 0.717) is 6.54 Å². The first-order valence-electron chi connectivity index (χ1n) is 11.0. The molecule has 0 aliphatic carbocycles. The first kappa shape index (κ1) is 21.8. The maximum Gasteiger partial charge on any atom is 0.248 e. The van der Waals surface area contributed by atoms with Gasteiger partial charge >= 0.3 is 0 Å². The fourth-order valence-electron chi connectivity index (χ4n) is 5.06. The van der Waals surface area contributed by atoms with Crippen LogP contribution in [0.5, 0.6) is 5.75 Å². The topological polar surface area (TPSA) is 62.2 Å². The third kappa shape index (κ3) is 4.47. The van der Waals surface area contributed by atoms with Gasteiger partial charge in [0.15, 0.2) is 0 Å². The summed E-state index contributed by atoms with van der Waals surface area (Å²) in [5.41, 5.74) is 3.51. The van der Waals surface area contributed by atoms with Crippen LogP contribution in [0.25, 0.3) is 11.1 Å². The summed E-state index contributed by atoms with van der Waals surface area (Å²) in [4.78, 5) is 16.8. The molecule has 2 aromatic rings. The number of carbonyl (C=O) groups is 1. The number of nitrogens with zero attached hydrogens (tertiary/aromatic N) is 2. The van der Waals surface area contributed by atoms with Crippen LogP contribution in [0.1, 0.15) is 24.3 Å². The molecule has 0 bridgehead atoms. The molecule has 31 heavy (non-hydrogen) atoms. The highest BCUT2D eigenvalue weighted by atomic mass is 16.5. The predicted molar refractivity (Wildman–Crippen MR) is 120 cm³/mol. The van der Waals surface area contributed by atoms with Gasteiger partial charge in [-0.15, -0.1) is 0 Å². The lowest BCUT2D eigenvalue weighted by Gasteiger charge is -2.57. The summed E-state index contributed by atoms with van der Waals surface area (Å²) in [6.45, 7) is 2.69. The maximum atomic E-state index is 12.5. The number of methoxy groups -OCH3 is 2. The molecule has 2 heterocycles. The fraction of sp³-hybridized carbons (Fsp3) is 0.480. The lowest BCUT2D eigenvalue weighted by molar-refractivity contribution is -0.140. The molecule has 0 aromatic heterocycles. The predicted octanol–water partition coefficient (Wildman–Crippen LogP) is 2.76. The standard InChI is InChI=1S/C25H32N2O4/c1-30-17-24(29)26-13-3-4-14-27-22(15-26)25(23(27)16-28)20-7-5-18(6-8-20)19-9-11-21(31-2)12-10-19/h5-12,22-23,25,28H,3-4,13-17H2,1-2H3/t22-,23-,25+/m0/s1. The van der Waals surface area contributed by atoms with E-state index < -0.39 is 0 Å². The van der Waals surface area contributed by atoms with E-state index in [9.17, 15) is 9.90 Å². The summed E-state index contributed by atoms with van der Waals surface area (Å²) in [5, 5.41) is 10.1. The zero-order chi connectivity index (χ0) is 21.8. The van der Waals surface area contributed by atoms with E-state index in [4.69, 9.17) is 9.47 Å². The summed E-state index contributed by atoms with van der Waals surface area (Å²) in [6, 6.07) is 17.0. The highest BCUT2D eigenvalue weighted by Gasteiger charge is 2.49. The number of aliphatic hydroxyl groups excluding tert-OH is 1. The molecule has 166 valence electrons. The molecule has 2 fully saturated rings. The average molecular weight is 425 g/mol. The molecule has 0 unspecified atom stereocenters. The molecule has 3 atom stereocenters. The minimum atomic E-state index is 0.0467. The minimum Gasteiger partial charge on any atom is -0.497 e. The minimum absolute atomic E-state index is 0.0467. The van der Waals surface area contributed by atoms with Crippen molar-refractivity contribution in [1.29, 1.82) is 0 Å². The van der Waals surface area contributed by atoms with Gasteiger partial charge in [0.1, 0.15) is 12.4 Å². The molecule has 2 saturated heterocycles. The zero-order valence-electron chi connectivity index (χ0n) is 18.4. The van der Waals surface area contributed by atoms with Crippen molar-refractivity contribution in [1.82, 2.24) is 9.80 Å². The van der Waals surface area contributed by atoms with Gasteiger partial charge in [-0.1, -0.05) is 36.4 Å². The van der Waals surface area contributed by atoms with Crippen molar-refractivity contribution in [3.8, 4) is 16.9 Å². The van der Waals surface area contributed by atoms with Crippen LogP contribution in [0.4, 0.5) is 0 Å². The van der Waals surface area contributed by atoms with Crippen molar-refractivity contribution in [2.75, 3.05) is 47.1 Å². The number of benzene rings is 2. The first-order chi connectivity index (χ1) is 15.2. The fourth-order valence-corrected chi connectivity index (χ4v) is 5.06. The van der Waals surface area contributed by atoms with E-state index in [-0.39, 0.29) is 37.1 Å². The Balaban J connectivity index is 1.54. The van der Waals surface area contributed by atoms with E-state index in [0.717, 1.165) is 42.8 Å². The van der Waals surface area contributed by atoms with Gasteiger partial charge in [0, 0.05) is 38.2 Å². The van der Waals surface area contributed by atoms with Crippen LogP contribution in [0.3, 0.4) is 0 Å². The summed E-state index contributed by atoms with van der Waals surface area (Å²) in [6.07, 6.45) is 2.02. The second kappa shape index (κ2) is 9.81. The molecular weight excluding hydrogens is 392 g/mol. The summed E-state index contributed by atoms with van der Waals surface area (Å²) in [5.74, 6) is 1.11. The highest BCUT2D eigenvalue weighted by Crippen LogP contribution is 2.42. The summed E-state index contributed by atoms with van der Waals surface area (Å²) in [7, 11) is 3.23. The number of fused-ring (bicyclic) bond motifs is 1. The molecule has 1 N–H and O–H groups in total. The van der Waals surface area contributed by atoms with Crippen LogP contribution in [-0.4, -0.2) is 80.0 Å². The monoisotopic (exact) mass is 424 g/mol. The maximum absolute atomic E-state index is 12.5. The number of aliphatic hydroxyl groups is 1. The lowest BCUT2D eigenvalue weighted by Crippen LogP contribution is -2.68. The number of rotatable bonds is 6. The third-order valence-electron chi connectivity index (χ3n) is 6.71. The van der Waals surface area contributed by atoms with Gasteiger partial charge in [-0.3, -0.25) is 9.69 Å². The van der Waals surface area contributed by atoms with Gasteiger partial charge in [-0.25, -0.2) is 0 Å². The van der Waals surface area contributed by atoms with Crippen molar-refractivity contribution in [2.24, 2.45) is 0 Å². The van der Waals surface area contributed by atoms with Gasteiger partial charge in [0.2, 0.25) is 5.91 Å². The Bertz CT molecular complexity index is 868. The number of ether oxygens (including phenoxy) is 2. The van der Waals surface area contributed by atoms with Gasteiger partial charge in [0.05, 0.1) is 13.7 Å². The molecule has 2 aromatic carbocycles. The SMILES string of the molecule is COCC(=O)N1CCCCN2[C@@H](CO)[C@H](c3ccc(-c4ccc(OC)cc4)cc3)[C@@H]2C1. The van der Waals surface area contributed by atoms with Crippen LogP contribution in [0, 0.1) is 0 Å². The smallest absolute Gasteiger partial charge is 0.248 e. The first-order valence-corrected chi connectivity index (χ1v) is 11.0. The van der Waals surface area contributed by atoms with Gasteiger partial charge in [0.25, 0.3) is 0 Å². The lowest BCUT2D eigenvalue weighted by atomic mass is 9.74. The number of amides is 1. The molecule has 4 rings (SSSR count). The van der Waals surface area contributed by atoms with Gasteiger partial charge in [-0.05, 0) is 48.2 Å². The van der Waals surface area contributed by atoms with Crippen molar-refractivity contribution in [3.05, 3.63) is 54.1 Å². The van der Waals surface area contributed by atoms with Crippen molar-refractivity contribution < 1.29 is 19.4 Å². The number of hydrogen-bond acceptors (Lipinski definition) is 5. The van der Waals surface area contributed by atoms with E-state index in [1.807, 2.05) is 17.0 Å². The quantitative estimate of drug-likeness (QED) is 0.773.